The van der Waals surface area contributed by atoms with Gasteiger partial charge in [-0.2, -0.15) is 0 Å². The Balaban J connectivity index is 0.00000256. The molecule has 1 aromatic heterocycles. The summed E-state index contributed by atoms with van der Waals surface area (Å²) in [6.07, 6.45) is 7.63. The number of aryl methyl sites for hydroxylation is 2. The molecule has 1 amide bonds. The average molecular weight is 438 g/mol. The quantitative estimate of drug-likeness (QED) is 0.305. The highest BCUT2D eigenvalue weighted by Gasteiger charge is 2.57. The highest BCUT2D eigenvalue weighted by Crippen LogP contribution is 2.45. The Hall–Kier alpha value is -2.39. The van der Waals surface area contributed by atoms with E-state index in [1.807, 2.05) is 30.3 Å². The van der Waals surface area contributed by atoms with E-state index in [9.17, 15) is 19.8 Å². The third-order valence-corrected chi connectivity index (χ3v) is 6.17. The van der Waals surface area contributed by atoms with Gasteiger partial charge >= 0.3 is 5.97 Å². The number of β-lactam (4-membered cyclic amide) rings is 1. The monoisotopic (exact) mass is 437 g/mol. The lowest BCUT2D eigenvalue weighted by Gasteiger charge is -2.44. The Kier molecular flexibility index (Phi) is 6.52. The number of imidazole rings is 1. The molecule has 3 N–H and O–H groups in total. The van der Waals surface area contributed by atoms with Gasteiger partial charge in [-0.15, -0.1) is 0 Å². The number of aliphatic hydroxyl groups is 1. The number of nitrogens with one attached hydrogen (secondary N) is 1. The second kappa shape index (κ2) is 8.77. The fraction of sp³-hybridized carbons (Fsp3) is 0.600. The van der Waals surface area contributed by atoms with Crippen LogP contribution in [-0.2, 0) is 23.2 Å². The number of rotatable bonds is 7. The second-order valence-electron chi connectivity index (χ2n) is 8.21. The SMILES string of the molecule is C[C@@H](O)[C@H]1C(=O)N2C(C(=O)O)=C(C3CN=C(CCCn4cc[n+](C)c4)NC3)C[C@H]12.[Cl-]. The van der Waals surface area contributed by atoms with E-state index in [0.29, 0.717) is 19.5 Å². The first-order valence-electron chi connectivity index (χ1n) is 10.1. The molecule has 0 aromatic carbocycles. The molecule has 10 heteroatoms. The number of aliphatic imine (C=N–C) groups is 1. The maximum Gasteiger partial charge on any atom is 0.352 e. The Bertz CT molecular complexity index is 894. The van der Waals surface area contributed by atoms with Gasteiger partial charge in [0.25, 0.3) is 0 Å². The molecule has 4 rings (SSSR count). The number of fused-ring (bicyclic) bond motifs is 1. The van der Waals surface area contributed by atoms with Crippen molar-refractivity contribution in [1.82, 2.24) is 14.8 Å². The molecule has 4 heterocycles. The lowest BCUT2D eigenvalue weighted by atomic mass is 9.82. The summed E-state index contributed by atoms with van der Waals surface area (Å²) in [4.78, 5) is 30.2. The highest BCUT2D eigenvalue weighted by molar-refractivity contribution is 5.99. The summed E-state index contributed by atoms with van der Waals surface area (Å²) in [5, 5.41) is 22.9. The number of carbonyl (C=O) groups is 2. The predicted octanol–water partition coefficient (Wildman–Crippen LogP) is -3.34. The molecule has 0 radical (unpaired) electrons. The molecule has 30 heavy (non-hydrogen) atoms. The summed E-state index contributed by atoms with van der Waals surface area (Å²) < 4.78 is 4.14. The molecule has 164 valence electrons. The summed E-state index contributed by atoms with van der Waals surface area (Å²) >= 11 is 0. The number of carboxylic acid groups (broad SMARTS) is 1. The minimum atomic E-state index is -1.07. The van der Waals surface area contributed by atoms with Crippen LogP contribution in [0.3, 0.4) is 0 Å². The van der Waals surface area contributed by atoms with Crippen molar-refractivity contribution in [3.63, 3.8) is 0 Å². The maximum absolute atomic E-state index is 12.3. The van der Waals surface area contributed by atoms with Gasteiger partial charge in [0.15, 0.2) is 0 Å². The summed E-state index contributed by atoms with van der Waals surface area (Å²) in [5.74, 6) is -0.956. The fourth-order valence-electron chi connectivity index (χ4n) is 4.71. The molecule has 9 nitrogen and oxygen atoms in total. The molecule has 1 unspecified atom stereocenters. The lowest BCUT2D eigenvalue weighted by Crippen LogP contribution is -3.00. The minimum absolute atomic E-state index is 0. The summed E-state index contributed by atoms with van der Waals surface area (Å²) in [7, 11) is 1.99. The van der Waals surface area contributed by atoms with E-state index in [1.54, 1.807) is 6.92 Å². The van der Waals surface area contributed by atoms with Crippen molar-refractivity contribution in [2.75, 3.05) is 13.1 Å². The van der Waals surface area contributed by atoms with E-state index in [2.05, 4.69) is 14.9 Å². The van der Waals surface area contributed by atoms with Crippen molar-refractivity contribution in [1.29, 1.82) is 0 Å². The van der Waals surface area contributed by atoms with Gasteiger partial charge in [-0.25, -0.2) is 13.9 Å². The van der Waals surface area contributed by atoms with Crippen LogP contribution in [-0.4, -0.2) is 62.6 Å². The zero-order chi connectivity index (χ0) is 20.7. The molecule has 0 saturated carbocycles. The number of halogens is 1. The van der Waals surface area contributed by atoms with E-state index in [0.717, 1.165) is 30.8 Å². The Morgan fingerprint density at radius 3 is 2.80 bits per heavy atom. The van der Waals surface area contributed by atoms with Gasteiger partial charge in [0.05, 0.1) is 37.5 Å². The molecule has 0 aliphatic carbocycles. The molecule has 1 aromatic rings. The predicted molar refractivity (Wildman–Crippen MR) is 104 cm³/mol. The molecule has 0 bridgehead atoms. The molecule has 3 aliphatic heterocycles. The van der Waals surface area contributed by atoms with Crippen molar-refractivity contribution >= 4 is 17.7 Å². The molecule has 3 aliphatic rings. The van der Waals surface area contributed by atoms with Gasteiger partial charge in [-0.1, -0.05) is 0 Å². The summed E-state index contributed by atoms with van der Waals surface area (Å²) in [5.41, 5.74) is 0.872. The molecular formula is C20H28ClN5O4. The highest BCUT2D eigenvalue weighted by atomic mass is 35.5. The van der Waals surface area contributed by atoms with Crippen LogP contribution in [0.5, 0.6) is 0 Å². The number of amides is 1. The summed E-state index contributed by atoms with van der Waals surface area (Å²) in [6.45, 7) is 3.65. The van der Waals surface area contributed by atoms with Crippen LogP contribution >= 0.6 is 0 Å². The van der Waals surface area contributed by atoms with Gasteiger partial charge in [0.1, 0.15) is 18.1 Å². The first-order chi connectivity index (χ1) is 13.9. The molecule has 0 spiro atoms. The Morgan fingerprint density at radius 2 is 2.23 bits per heavy atom. The zero-order valence-corrected chi connectivity index (χ0v) is 17.9. The normalized spacial score (nSPS) is 26.4. The van der Waals surface area contributed by atoms with Gasteiger partial charge in [0, 0.05) is 25.4 Å². The third kappa shape index (κ3) is 3.96. The zero-order valence-electron chi connectivity index (χ0n) is 17.2. The molecular weight excluding hydrogens is 410 g/mol. The number of nitrogens with zero attached hydrogens (tertiary/aromatic N) is 4. The van der Waals surface area contributed by atoms with Crippen molar-refractivity contribution < 1.29 is 36.8 Å². The van der Waals surface area contributed by atoms with Crippen LogP contribution in [0.2, 0.25) is 0 Å². The van der Waals surface area contributed by atoms with Gasteiger partial charge < -0.3 is 32.8 Å². The lowest BCUT2D eigenvalue weighted by molar-refractivity contribution is -0.671. The van der Waals surface area contributed by atoms with E-state index in [-0.39, 0.29) is 36.0 Å². The fourth-order valence-corrected chi connectivity index (χ4v) is 4.71. The number of hydrogen-bond acceptors (Lipinski definition) is 5. The van der Waals surface area contributed by atoms with Crippen LogP contribution in [0.1, 0.15) is 26.2 Å². The number of amidine groups is 1. The van der Waals surface area contributed by atoms with Crippen LogP contribution in [0.4, 0.5) is 0 Å². The van der Waals surface area contributed by atoms with E-state index in [4.69, 9.17) is 0 Å². The summed E-state index contributed by atoms with van der Waals surface area (Å²) in [6, 6.07) is -0.239. The van der Waals surface area contributed by atoms with E-state index in [1.165, 1.54) is 4.90 Å². The number of aromatic nitrogens is 2. The first kappa shape index (κ1) is 22.3. The molecule has 4 atom stereocenters. The molecule has 1 fully saturated rings. The van der Waals surface area contributed by atoms with Crippen LogP contribution in [0.25, 0.3) is 0 Å². The van der Waals surface area contributed by atoms with Crippen LogP contribution in [0.15, 0.2) is 35.0 Å². The van der Waals surface area contributed by atoms with Crippen molar-refractivity contribution in [2.45, 2.75) is 44.9 Å². The van der Waals surface area contributed by atoms with Gasteiger partial charge in [0.2, 0.25) is 12.2 Å². The van der Waals surface area contributed by atoms with Gasteiger partial charge in [-0.3, -0.25) is 9.79 Å². The Labute approximate surface area is 181 Å². The maximum atomic E-state index is 12.3. The third-order valence-electron chi connectivity index (χ3n) is 6.17. The van der Waals surface area contributed by atoms with E-state index >= 15 is 0 Å². The smallest absolute Gasteiger partial charge is 0.352 e. The molecule has 1 saturated heterocycles. The average Bonchev–Trinajstić information content (AvgIpc) is 3.23. The number of carbonyl (C=O) groups excluding carboxylic acids is 1. The number of hydrogen-bond donors (Lipinski definition) is 3. The van der Waals surface area contributed by atoms with Gasteiger partial charge in [-0.05, 0) is 25.3 Å². The number of aliphatic carboxylic acids is 1. The Morgan fingerprint density at radius 1 is 1.47 bits per heavy atom. The van der Waals surface area contributed by atoms with Crippen molar-refractivity contribution in [3.8, 4) is 0 Å². The second-order valence-corrected chi connectivity index (χ2v) is 8.21. The topological polar surface area (TPSA) is 111 Å². The van der Waals surface area contributed by atoms with Crippen LogP contribution in [0, 0.1) is 11.8 Å². The van der Waals surface area contributed by atoms with Crippen LogP contribution < -0.4 is 22.3 Å². The largest absolute Gasteiger partial charge is 1.00 e. The van der Waals surface area contributed by atoms with Crippen molar-refractivity contribution in [2.24, 2.45) is 23.9 Å². The standard InChI is InChI=1S/C20H27N5O4.ClH/c1-12(26)17-15-8-14(18(20(28)29)25(15)19(17)27)13-9-21-16(22-10-13)4-3-5-24-7-6-23(2)11-24;/h6-7,11-13,15,17,26H,3-5,8-10H2,1-2H3,(H-,21,22,28,29);1H/t12-,15-,17-;/m1./s1. The number of aliphatic hydroxyl groups excluding tert-OH is 1. The first-order valence-corrected chi connectivity index (χ1v) is 10.1. The number of carboxylic acids is 1. The van der Waals surface area contributed by atoms with E-state index < -0.39 is 18.0 Å². The van der Waals surface area contributed by atoms with Crippen molar-refractivity contribution in [3.05, 3.63) is 30.0 Å². The minimum Gasteiger partial charge on any atom is -1.00 e.